The molecule has 0 fully saturated rings. The number of hydrogen-bond acceptors (Lipinski definition) is 4. The van der Waals surface area contributed by atoms with Gasteiger partial charge in [0.1, 0.15) is 0 Å². The van der Waals surface area contributed by atoms with E-state index in [9.17, 15) is 39.6 Å². The molecule has 4 nitrogen and oxygen atoms in total. The molecule has 0 amide bonds. The first kappa shape index (κ1) is 22.6. The quantitative estimate of drug-likeness (QED) is 0.395. The van der Waals surface area contributed by atoms with Gasteiger partial charge in [-0.2, -0.15) is 26.3 Å². The zero-order valence-corrected chi connectivity index (χ0v) is 14.7. The second-order valence-corrected chi connectivity index (χ2v) is 8.44. The van der Waals surface area contributed by atoms with Crippen LogP contribution in [0, 0.1) is 0 Å². The van der Waals surface area contributed by atoms with E-state index in [0.717, 1.165) is 18.2 Å². The van der Waals surface area contributed by atoms with Crippen molar-refractivity contribution in [2.45, 2.75) is 29.4 Å². The molecule has 0 saturated heterocycles. The molecule has 0 aliphatic heterocycles. The van der Waals surface area contributed by atoms with Crippen LogP contribution >= 0.6 is 11.6 Å². The van der Waals surface area contributed by atoms with Crippen LogP contribution in [0.1, 0.15) is 17.5 Å². The smallest absolute Gasteiger partial charge is 0.416 e. The second kappa shape index (κ2) is 7.63. The lowest BCUT2D eigenvalue weighted by molar-refractivity contribution is -0.142. The van der Waals surface area contributed by atoms with E-state index in [-0.39, 0.29) is 0 Å². The van der Waals surface area contributed by atoms with Crippen LogP contribution in [-0.4, -0.2) is 37.6 Å². The fourth-order valence-corrected chi connectivity index (χ4v) is 4.06. The van der Waals surface area contributed by atoms with E-state index in [1.165, 1.54) is 0 Å². The zero-order chi connectivity index (χ0) is 20.4. The Morgan fingerprint density at radius 1 is 1.12 bits per heavy atom. The third-order valence-corrected chi connectivity index (χ3v) is 6.41. The van der Waals surface area contributed by atoms with Crippen LogP contribution in [0.4, 0.5) is 26.3 Å². The van der Waals surface area contributed by atoms with Gasteiger partial charge < -0.3 is 4.74 Å². The van der Waals surface area contributed by atoms with Gasteiger partial charge in [0.05, 0.1) is 24.8 Å². The lowest BCUT2D eigenvalue weighted by atomic mass is 10.0. The highest BCUT2D eigenvalue weighted by Crippen LogP contribution is 2.38. The predicted octanol–water partition coefficient (Wildman–Crippen LogP) is 3.72. The van der Waals surface area contributed by atoms with Gasteiger partial charge >= 0.3 is 18.3 Å². The molecule has 0 saturated carbocycles. The molecule has 1 unspecified atom stereocenters. The first-order valence-corrected chi connectivity index (χ1v) is 8.88. The van der Waals surface area contributed by atoms with Crippen LogP contribution in [0.15, 0.2) is 24.3 Å². The SMILES string of the molecule is COC(=O)C(Cl)(Cc1ccccc1C(F)(F)F)S(=O)(=O)CCC(F)(F)F. The predicted molar refractivity (Wildman–Crippen MR) is 80.2 cm³/mol. The zero-order valence-electron chi connectivity index (χ0n) is 13.1. The third-order valence-electron chi connectivity index (χ3n) is 3.38. The molecule has 12 heteroatoms. The van der Waals surface area contributed by atoms with Crippen LogP contribution in [0.5, 0.6) is 0 Å². The molecule has 1 atom stereocenters. The standard InChI is InChI=1S/C14H13ClF6O4S/c1-25-11(22)12(15,26(23,24)7-6-13(16,17)18)8-9-4-2-3-5-10(9)14(19,20)21/h2-5H,6-8H2,1H3. The maximum atomic E-state index is 13.0. The highest BCUT2D eigenvalue weighted by Gasteiger charge is 2.52. The summed E-state index contributed by atoms with van der Waals surface area (Å²) in [6, 6.07) is 3.68. The number of ether oxygens (including phenoxy) is 1. The molecule has 0 spiro atoms. The molecule has 148 valence electrons. The molecule has 0 aromatic heterocycles. The lowest BCUT2D eigenvalue weighted by Gasteiger charge is -2.26. The van der Waals surface area contributed by atoms with Gasteiger partial charge in [0.15, 0.2) is 9.84 Å². The van der Waals surface area contributed by atoms with Crippen molar-refractivity contribution in [1.29, 1.82) is 0 Å². The van der Waals surface area contributed by atoms with Crippen LogP contribution in [0.25, 0.3) is 0 Å². The largest absolute Gasteiger partial charge is 0.467 e. The maximum Gasteiger partial charge on any atom is 0.416 e. The Morgan fingerprint density at radius 3 is 2.12 bits per heavy atom. The van der Waals surface area contributed by atoms with E-state index >= 15 is 0 Å². The number of sulfone groups is 1. The fourth-order valence-electron chi connectivity index (χ4n) is 2.07. The topological polar surface area (TPSA) is 60.4 Å². The summed E-state index contributed by atoms with van der Waals surface area (Å²) < 4.78 is 102. The van der Waals surface area contributed by atoms with E-state index in [1.54, 1.807) is 0 Å². The Morgan fingerprint density at radius 2 is 1.65 bits per heavy atom. The Balaban J connectivity index is 3.38. The van der Waals surface area contributed by atoms with Gasteiger partial charge in [0.25, 0.3) is 0 Å². The highest BCUT2D eigenvalue weighted by atomic mass is 35.5. The molecule has 0 aliphatic rings. The minimum absolute atomic E-state index is 0.631. The minimum atomic E-state index is -5.02. The number of methoxy groups -OCH3 is 1. The van der Waals surface area contributed by atoms with Crippen molar-refractivity contribution in [3.8, 4) is 0 Å². The van der Waals surface area contributed by atoms with Gasteiger partial charge in [0.2, 0.25) is 4.21 Å². The highest BCUT2D eigenvalue weighted by molar-refractivity contribution is 7.95. The number of carbonyl (C=O) groups excluding carboxylic acids is 1. The van der Waals surface area contributed by atoms with Gasteiger partial charge in [-0.3, -0.25) is 0 Å². The first-order valence-electron chi connectivity index (χ1n) is 6.85. The molecule has 0 aliphatic carbocycles. The van der Waals surface area contributed by atoms with Crippen LogP contribution in [0.3, 0.4) is 0 Å². The van der Waals surface area contributed by atoms with E-state index < -0.39 is 62.1 Å². The van der Waals surface area contributed by atoms with Gasteiger partial charge in [-0.05, 0) is 11.6 Å². The van der Waals surface area contributed by atoms with E-state index in [4.69, 9.17) is 11.6 Å². The maximum absolute atomic E-state index is 13.0. The fraction of sp³-hybridized carbons (Fsp3) is 0.500. The number of rotatable bonds is 6. The monoisotopic (exact) mass is 426 g/mol. The van der Waals surface area contributed by atoms with Gasteiger partial charge in [0, 0.05) is 6.42 Å². The summed E-state index contributed by atoms with van der Waals surface area (Å²) in [5, 5.41) is 0. The molecular weight excluding hydrogens is 414 g/mol. The summed E-state index contributed by atoms with van der Waals surface area (Å²) in [5.74, 6) is -3.25. The second-order valence-electron chi connectivity index (χ2n) is 5.24. The average molecular weight is 427 g/mol. The summed E-state index contributed by atoms with van der Waals surface area (Å²) >= 11 is 5.77. The summed E-state index contributed by atoms with van der Waals surface area (Å²) in [5.41, 5.74) is -1.93. The van der Waals surface area contributed by atoms with E-state index in [0.29, 0.717) is 13.2 Å². The number of hydrogen-bond donors (Lipinski definition) is 0. The van der Waals surface area contributed by atoms with Crippen molar-refractivity contribution in [1.82, 2.24) is 0 Å². The molecule has 0 N–H and O–H groups in total. The van der Waals surface area contributed by atoms with Crippen molar-refractivity contribution < 1.29 is 44.3 Å². The molecule has 1 rings (SSSR count). The lowest BCUT2D eigenvalue weighted by Crippen LogP contribution is -2.46. The van der Waals surface area contributed by atoms with E-state index in [1.807, 2.05) is 0 Å². The van der Waals surface area contributed by atoms with E-state index in [2.05, 4.69) is 4.74 Å². The van der Waals surface area contributed by atoms with Gasteiger partial charge in [-0.25, -0.2) is 13.2 Å². The van der Waals surface area contributed by atoms with Crippen molar-refractivity contribution in [2.24, 2.45) is 0 Å². The summed E-state index contributed by atoms with van der Waals surface area (Å²) in [6.07, 6.45) is -12.8. The Hall–Kier alpha value is -1.49. The first-order chi connectivity index (χ1) is 11.6. The minimum Gasteiger partial charge on any atom is -0.467 e. The number of esters is 1. The Kier molecular flexibility index (Phi) is 6.62. The average Bonchev–Trinajstić information content (AvgIpc) is 2.50. The van der Waals surface area contributed by atoms with Crippen molar-refractivity contribution in [2.75, 3.05) is 12.9 Å². The summed E-state index contributed by atoms with van der Waals surface area (Å²) in [6.45, 7) is 0. The molecule has 0 bridgehead atoms. The molecule has 1 aromatic rings. The normalized spacial score (nSPS) is 15.4. The molecule has 1 aromatic carbocycles. The third kappa shape index (κ3) is 5.26. The number of benzene rings is 1. The Labute approximate surface area is 150 Å². The van der Waals surface area contributed by atoms with Gasteiger partial charge in [-0.15, -0.1) is 0 Å². The van der Waals surface area contributed by atoms with Crippen molar-refractivity contribution >= 4 is 27.4 Å². The van der Waals surface area contributed by atoms with Crippen LogP contribution in [-0.2, 0) is 32.0 Å². The van der Waals surface area contributed by atoms with Crippen molar-refractivity contribution in [3.63, 3.8) is 0 Å². The van der Waals surface area contributed by atoms with Gasteiger partial charge in [-0.1, -0.05) is 29.8 Å². The number of alkyl halides is 7. The van der Waals surface area contributed by atoms with Crippen molar-refractivity contribution in [3.05, 3.63) is 35.4 Å². The Bertz CT molecular complexity index is 759. The molecule has 0 heterocycles. The van der Waals surface area contributed by atoms with Crippen LogP contribution < -0.4 is 0 Å². The van der Waals surface area contributed by atoms with Crippen LogP contribution in [0.2, 0.25) is 0 Å². The number of carbonyl (C=O) groups is 1. The molecular formula is C14H13ClF6O4S. The number of halogens is 7. The summed E-state index contributed by atoms with van der Waals surface area (Å²) in [7, 11) is -4.31. The summed E-state index contributed by atoms with van der Waals surface area (Å²) in [4.78, 5) is 11.9. The molecule has 0 radical (unpaired) electrons. The molecule has 26 heavy (non-hydrogen) atoms.